The molecule has 46 valence electrons. The fourth-order valence-corrected chi connectivity index (χ4v) is 2.51. The number of hydrogen-bond acceptors (Lipinski definition) is 2. The molecule has 2 saturated heterocycles. The summed E-state index contributed by atoms with van der Waals surface area (Å²) in [4.78, 5) is 0. The minimum Gasteiger partial charge on any atom is -0.372 e. The lowest BCUT2D eigenvalue weighted by molar-refractivity contribution is 0.399. The van der Waals surface area contributed by atoms with E-state index in [1.807, 2.05) is 0 Å². The van der Waals surface area contributed by atoms with Crippen LogP contribution in [0.25, 0.3) is 0 Å². The molecule has 1 unspecified atom stereocenters. The third-order valence-corrected chi connectivity index (χ3v) is 3.23. The Morgan fingerprint density at radius 1 is 1.50 bits per heavy atom. The molecular formula is C6H10OS. The Balaban J connectivity index is 1.86. The van der Waals surface area contributed by atoms with Crippen LogP contribution in [0.1, 0.15) is 12.8 Å². The molecule has 2 heterocycles. The van der Waals surface area contributed by atoms with Crippen molar-refractivity contribution in [1.29, 1.82) is 0 Å². The number of thioether (sulfide) groups is 1. The molecule has 2 atom stereocenters. The lowest BCUT2D eigenvalue weighted by atomic mass is 10.2. The van der Waals surface area contributed by atoms with Crippen molar-refractivity contribution in [3.05, 3.63) is 0 Å². The van der Waals surface area contributed by atoms with Crippen molar-refractivity contribution in [2.75, 3.05) is 12.4 Å². The first-order valence-electron chi connectivity index (χ1n) is 3.20. The van der Waals surface area contributed by atoms with Crippen molar-refractivity contribution in [2.24, 2.45) is 0 Å². The van der Waals surface area contributed by atoms with Crippen molar-refractivity contribution in [3.8, 4) is 0 Å². The van der Waals surface area contributed by atoms with E-state index in [-0.39, 0.29) is 0 Å². The van der Waals surface area contributed by atoms with Gasteiger partial charge in [0, 0.05) is 5.25 Å². The summed E-state index contributed by atoms with van der Waals surface area (Å²) in [7, 11) is 0. The molecule has 0 aromatic carbocycles. The van der Waals surface area contributed by atoms with Gasteiger partial charge >= 0.3 is 0 Å². The van der Waals surface area contributed by atoms with Crippen LogP contribution in [-0.4, -0.2) is 23.7 Å². The molecule has 2 fully saturated rings. The van der Waals surface area contributed by atoms with Gasteiger partial charge in [0.1, 0.15) is 0 Å². The molecule has 0 N–H and O–H groups in total. The molecule has 2 aliphatic heterocycles. The van der Waals surface area contributed by atoms with E-state index in [9.17, 15) is 0 Å². The maximum absolute atomic E-state index is 5.17. The maximum Gasteiger partial charge on any atom is 0.0928 e. The van der Waals surface area contributed by atoms with Gasteiger partial charge in [-0.05, 0) is 18.6 Å². The zero-order chi connectivity index (χ0) is 5.40. The van der Waals surface area contributed by atoms with Crippen molar-refractivity contribution in [3.63, 3.8) is 0 Å². The minimum absolute atomic E-state index is 0.655. The van der Waals surface area contributed by atoms with E-state index < -0.39 is 0 Å². The number of rotatable bonds is 1. The van der Waals surface area contributed by atoms with Crippen LogP contribution in [0.15, 0.2) is 0 Å². The normalized spacial score (nSPS) is 45.0. The van der Waals surface area contributed by atoms with Gasteiger partial charge in [-0.3, -0.25) is 0 Å². The van der Waals surface area contributed by atoms with Crippen LogP contribution in [0.2, 0.25) is 0 Å². The number of ether oxygens (including phenoxy) is 1. The molecule has 0 aromatic rings. The quantitative estimate of drug-likeness (QED) is 0.496. The molecular weight excluding hydrogens is 120 g/mol. The van der Waals surface area contributed by atoms with E-state index >= 15 is 0 Å². The summed E-state index contributed by atoms with van der Waals surface area (Å²) in [6, 6.07) is 0. The third kappa shape index (κ3) is 0.869. The van der Waals surface area contributed by atoms with Crippen LogP contribution in [0.5, 0.6) is 0 Å². The molecule has 0 aliphatic carbocycles. The summed E-state index contributed by atoms with van der Waals surface area (Å²) in [6.07, 6.45) is 3.47. The minimum atomic E-state index is 0.655. The Labute approximate surface area is 53.8 Å². The molecule has 2 aliphatic rings. The van der Waals surface area contributed by atoms with Gasteiger partial charge in [-0.1, -0.05) is 0 Å². The Hall–Kier alpha value is 0.310. The molecule has 0 spiro atoms. The van der Waals surface area contributed by atoms with Crippen molar-refractivity contribution in [1.82, 2.24) is 0 Å². The topological polar surface area (TPSA) is 12.5 Å². The standard InChI is InChI=1S/C6H10OS/c1-2-6(8-3-1)5-4-7-5/h5-6H,1-4H2/t5-,6?/m1/s1. The van der Waals surface area contributed by atoms with Gasteiger partial charge in [0.15, 0.2) is 0 Å². The van der Waals surface area contributed by atoms with Crippen LogP contribution in [0.4, 0.5) is 0 Å². The summed E-state index contributed by atoms with van der Waals surface area (Å²) in [6.45, 7) is 1.04. The van der Waals surface area contributed by atoms with E-state index in [0.717, 1.165) is 11.9 Å². The van der Waals surface area contributed by atoms with E-state index in [2.05, 4.69) is 11.8 Å². The van der Waals surface area contributed by atoms with E-state index in [1.165, 1.54) is 18.6 Å². The molecule has 2 heteroatoms. The second-order valence-electron chi connectivity index (χ2n) is 2.42. The van der Waals surface area contributed by atoms with Crippen LogP contribution in [0.3, 0.4) is 0 Å². The van der Waals surface area contributed by atoms with Crippen LogP contribution in [0, 0.1) is 0 Å². The van der Waals surface area contributed by atoms with Crippen molar-refractivity contribution >= 4 is 11.8 Å². The smallest absolute Gasteiger partial charge is 0.0928 e. The Bertz CT molecular complexity index is 84.5. The van der Waals surface area contributed by atoms with E-state index in [4.69, 9.17) is 4.74 Å². The Kier molecular flexibility index (Phi) is 1.23. The molecule has 2 rings (SSSR count). The first-order valence-corrected chi connectivity index (χ1v) is 4.25. The highest BCUT2D eigenvalue weighted by atomic mass is 32.2. The summed E-state index contributed by atoms with van der Waals surface area (Å²) in [5.41, 5.74) is 0. The summed E-state index contributed by atoms with van der Waals surface area (Å²) in [5, 5.41) is 0.870. The van der Waals surface area contributed by atoms with Crippen LogP contribution < -0.4 is 0 Å². The van der Waals surface area contributed by atoms with Gasteiger partial charge in [0.25, 0.3) is 0 Å². The zero-order valence-corrected chi connectivity index (χ0v) is 5.62. The molecule has 0 radical (unpaired) electrons. The van der Waals surface area contributed by atoms with Gasteiger partial charge in [0.05, 0.1) is 12.7 Å². The molecule has 0 bridgehead atoms. The highest BCUT2D eigenvalue weighted by Gasteiger charge is 2.34. The molecule has 0 amide bonds. The average Bonchev–Trinajstić information content (AvgIpc) is 2.49. The molecule has 0 saturated carbocycles. The highest BCUT2D eigenvalue weighted by molar-refractivity contribution is 8.00. The predicted molar refractivity (Wildman–Crippen MR) is 35.2 cm³/mol. The van der Waals surface area contributed by atoms with Gasteiger partial charge in [0.2, 0.25) is 0 Å². The fourth-order valence-electron chi connectivity index (χ4n) is 1.17. The lowest BCUT2D eigenvalue weighted by Crippen LogP contribution is -2.04. The van der Waals surface area contributed by atoms with Gasteiger partial charge in [-0.25, -0.2) is 0 Å². The molecule has 1 nitrogen and oxygen atoms in total. The van der Waals surface area contributed by atoms with Crippen LogP contribution >= 0.6 is 11.8 Å². The molecule has 8 heavy (non-hydrogen) atoms. The number of epoxide rings is 1. The van der Waals surface area contributed by atoms with Crippen molar-refractivity contribution in [2.45, 2.75) is 24.2 Å². The second kappa shape index (κ2) is 1.92. The first-order chi connectivity index (χ1) is 3.97. The summed E-state index contributed by atoms with van der Waals surface area (Å²) >= 11 is 2.09. The van der Waals surface area contributed by atoms with Gasteiger partial charge in [-0.15, -0.1) is 0 Å². The summed E-state index contributed by atoms with van der Waals surface area (Å²) < 4.78 is 5.17. The Morgan fingerprint density at radius 2 is 2.38 bits per heavy atom. The van der Waals surface area contributed by atoms with Gasteiger partial charge in [-0.2, -0.15) is 11.8 Å². The second-order valence-corrected chi connectivity index (χ2v) is 3.77. The Morgan fingerprint density at radius 3 is 2.88 bits per heavy atom. The zero-order valence-electron chi connectivity index (χ0n) is 4.80. The lowest BCUT2D eigenvalue weighted by Gasteiger charge is -1.99. The average molecular weight is 130 g/mol. The summed E-state index contributed by atoms with van der Waals surface area (Å²) in [5.74, 6) is 1.37. The van der Waals surface area contributed by atoms with Gasteiger partial charge < -0.3 is 4.74 Å². The van der Waals surface area contributed by atoms with E-state index in [1.54, 1.807) is 0 Å². The predicted octanol–water partition coefficient (Wildman–Crippen LogP) is 1.28. The maximum atomic E-state index is 5.17. The van der Waals surface area contributed by atoms with Crippen LogP contribution in [-0.2, 0) is 4.74 Å². The highest BCUT2D eigenvalue weighted by Crippen LogP contribution is 2.34. The SMILES string of the molecule is C1CSC([C@H]2CO2)C1. The monoisotopic (exact) mass is 130 g/mol. The van der Waals surface area contributed by atoms with Crippen molar-refractivity contribution < 1.29 is 4.74 Å². The molecule has 0 aromatic heterocycles. The fraction of sp³-hybridized carbons (Fsp3) is 1.00. The third-order valence-electron chi connectivity index (χ3n) is 1.74. The first kappa shape index (κ1) is 5.12. The van der Waals surface area contributed by atoms with E-state index in [0.29, 0.717) is 6.10 Å². The number of hydrogen-bond donors (Lipinski definition) is 0. The largest absolute Gasteiger partial charge is 0.372 e.